The monoisotopic (exact) mass is 319 g/mol. The largest absolute Gasteiger partial charge is 0.383 e. The van der Waals surface area contributed by atoms with Crippen molar-refractivity contribution in [2.45, 2.75) is 25.7 Å². The van der Waals surface area contributed by atoms with E-state index in [2.05, 4.69) is 10.6 Å². The fourth-order valence-electron chi connectivity index (χ4n) is 2.29. The normalized spacial score (nSPS) is 16.9. The van der Waals surface area contributed by atoms with Gasteiger partial charge in [0.15, 0.2) is 4.99 Å². The molecule has 0 unspecified atom stereocenters. The molecule has 1 saturated heterocycles. The Labute approximate surface area is 133 Å². The van der Waals surface area contributed by atoms with Gasteiger partial charge in [0, 0.05) is 12.1 Å². The minimum atomic E-state index is -0.527. The molecule has 2 N–H and O–H groups in total. The van der Waals surface area contributed by atoms with Gasteiger partial charge in [0.1, 0.15) is 0 Å². The number of benzene rings is 1. The van der Waals surface area contributed by atoms with Gasteiger partial charge in [0.2, 0.25) is 0 Å². The van der Waals surface area contributed by atoms with E-state index >= 15 is 0 Å². The lowest BCUT2D eigenvalue weighted by Crippen LogP contribution is -2.34. The molecule has 2 rings (SSSR count). The first kappa shape index (κ1) is 16.1. The van der Waals surface area contributed by atoms with Crippen molar-refractivity contribution in [2.75, 3.05) is 6.54 Å². The number of amides is 1. The summed E-state index contributed by atoms with van der Waals surface area (Å²) in [6.07, 6.45) is 3.43. The van der Waals surface area contributed by atoms with Crippen molar-refractivity contribution >= 4 is 23.1 Å². The SMILES string of the molecule is O=C(NC(=S)C(=C1CCCCCN1)[N+](=O)[O-])c1ccccc1. The molecule has 6 nitrogen and oxygen atoms in total. The summed E-state index contributed by atoms with van der Waals surface area (Å²) in [7, 11) is 0. The summed E-state index contributed by atoms with van der Waals surface area (Å²) < 4.78 is 0. The summed E-state index contributed by atoms with van der Waals surface area (Å²) in [5.74, 6) is -0.445. The molecule has 1 aliphatic rings. The highest BCUT2D eigenvalue weighted by Gasteiger charge is 2.26. The Morgan fingerprint density at radius 1 is 1.23 bits per heavy atom. The fraction of sp³-hybridized carbons (Fsp3) is 0.333. The van der Waals surface area contributed by atoms with Gasteiger partial charge >= 0.3 is 5.70 Å². The Hall–Kier alpha value is -2.28. The van der Waals surface area contributed by atoms with Crippen molar-refractivity contribution in [1.29, 1.82) is 0 Å². The molecule has 1 heterocycles. The Kier molecular flexibility index (Phi) is 5.60. The third kappa shape index (κ3) is 4.11. The smallest absolute Gasteiger partial charge is 0.322 e. The first-order valence-electron chi connectivity index (χ1n) is 7.11. The van der Waals surface area contributed by atoms with E-state index in [4.69, 9.17) is 12.2 Å². The molecule has 0 spiro atoms. The van der Waals surface area contributed by atoms with Crippen LogP contribution >= 0.6 is 12.2 Å². The van der Waals surface area contributed by atoms with Crippen LogP contribution in [0.5, 0.6) is 0 Å². The number of carbonyl (C=O) groups is 1. The summed E-state index contributed by atoms with van der Waals surface area (Å²) in [4.78, 5) is 22.7. The van der Waals surface area contributed by atoms with Gasteiger partial charge in [0.25, 0.3) is 5.91 Å². The topological polar surface area (TPSA) is 84.3 Å². The van der Waals surface area contributed by atoms with Gasteiger partial charge in [-0.3, -0.25) is 14.9 Å². The van der Waals surface area contributed by atoms with Gasteiger partial charge in [-0.15, -0.1) is 0 Å². The summed E-state index contributed by atoms with van der Waals surface area (Å²) in [6, 6.07) is 8.48. The van der Waals surface area contributed by atoms with Crippen LogP contribution in [0.2, 0.25) is 0 Å². The second-order valence-corrected chi connectivity index (χ2v) is 5.38. The van der Waals surface area contributed by atoms with Crippen molar-refractivity contribution in [2.24, 2.45) is 0 Å². The predicted octanol–water partition coefficient (Wildman–Crippen LogP) is 2.40. The van der Waals surface area contributed by atoms with Crippen molar-refractivity contribution in [3.8, 4) is 0 Å². The molecule has 0 atom stereocenters. The maximum absolute atomic E-state index is 12.1. The lowest BCUT2D eigenvalue weighted by Gasteiger charge is -2.10. The number of nitrogens with zero attached hydrogens (tertiary/aromatic N) is 1. The highest BCUT2D eigenvalue weighted by Crippen LogP contribution is 2.16. The standard InChI is InChI=1S/C15H17N3O3S/c19-14(11-7-3-1-4-8-11)17-15(22)13(18(20)21)12-9-5-2-6-10-16-12/h1,3-4,7-8,16H,2,5-6,9-10H2,(H,17,19,22). The van der Waals surface area contributed by atoms with Gasteiger partial charge in [0.05, 0.1) is 10.6 Å². The summed E-state index contributed by atoms with van der Waals surface area (Å²) in [5, 5.41) is 16.8. The quantitative estimate of drug-likeness (QED) is 0.387. The van der Waals surface area contributed by atoms with Crippen LogP contribution in [0.4, 0.5) is 0 Å². The number of rotatable bonds is 3. The zero-order chi connectivity index (χ0) is 15.9. The third-order valence-corrected chi connectivity index (χ3v) is 3.68. The second-order valence-electron chi connectivity index (χ2n) is 4.97. The first-order valence-corrected chi connectivity index (χ1v) is 7.52. The summed E-state index contributed by atoms with van der Waals surface area (Å²) in [5.41, 5.74) is 0.702. The number of hydrogen-bond acceptors (Lipinski definition) is 5. The van der Waals surface area contributed by atoms with Crippen molar-refractivity contribution in [3.05, 3.63) is 57.4 Å². The molecule has 116 valence electrons. The van der Waals surface area contributed by atoms with E-state index < -0.39 is 10.8 Å². The minimum absolute atomic E-state index is 0.150. The lowest BCUT2D eigenvalue weighted by molar-refractivity contribution is -0.416. The zero-order valence-electron chi connectivity index (χ0n) is 12.0. The second kappa shape index (κ2) is 7.65. The lowest BCUT2D eigenvalue weighted by atomic mass is 10.1. The third-order valence-electron chi connectivity index (χ3n) is 3.39. The Morgan fingerprint density at radius 2 is 1.95 bits per heavy atom. The van der Waals surface area contributed by atoms with Gasteiger partial charge in [-0.05, 0) is 31.4 Å². The van der Waals surface area contributed by atoms with Gasteiger partial charge < -0.3 is 10.6 Å². The van der Waals surface area contributed by atoms with Crippen molar-refractivity contribution in [1.82, 2.24) is 10.6 Å². The van der Waals surface area contributed by atoms with Gasteiger partial charge in [-0.1, -0.05) is 36.8 Å². The van der Waals surface area contributed by atoms with Crippen LogP contribution in [0.15, 0.2) is 41.7 Å². The molecule has 1 aliphatic heterocycles. The average Bonchev–Trinajstić information content (AvgIpc) is 2.77. The molecule has 1 aromatic rings. The van der Waals surface area contributed by atoms with E-state index in [-0.39, 0.29) is 10.7 Å². The van der Waals surface area contributed by atoms with Gasteiger partial charge in [-0.25, -0.2) is 0 Å². The molecule has 0 bridgehead atoms. The van der Waals surface area contributed by atoms with E-state index in [1.165, 1.54) is 0 Å². The van der Waals surface area contributed by atoms with E-state index in [1.54, 1.807) is 30.3 Å². The van der Waals surface area contributed by atoms with E-state index in [9.17, 15) is 14.9 Å². The van der Waals surface area contributed by atoms with Crippen molar-refractivity contribution in [3.63, 3.8) is 0 Å². The van der Waals surface area contributed by atoms with Crippen LogP contribution in [-0.4, -0.2) is 22.4 Å². The zero-order valence-corrected chi connectivity index (χ0v) is 12.8. The molecular formula is C15H17N3O3S. The highest BCUT2D eigenvalue weighted by atomic mass is 32.1. The predicted molar refractivity (Wildman–Crippen MR) is 87.0 cm³/mol. The minimum Gasteiger partial charge on any atom is -0.383 e. The maximum atomic E-state index is 12.1. The van der Waals surface area contributed by atoms with E-state index in [0.717, 1.165) is 19.3 Å². The number of thiocarbonyl (C=S) groups is 1. The van der Waals surface area contributed by atoms with Crippen LogP contribution in [-0.2, 0) is 0 Å². The molecule has 0 aromatic heterocycles. The van der Waals surface area contributed by atoms with E-state index in [1.807, 2.05) is 0 Å². The maximum Gasteiger partial charge on any atom is 0.322 e. The first-order chi connectivity index (χ1) is 10.6. The molecule has 1 aromatic carbocycles. The highest BCUT2D eigenvalue weighted by molar-refractivity contribution is 7.80. The van der Waals surface area contributed by atoms with Crippen LogP contribution in [0.3, 0.4) is 0 Å². The number of carbonyl (C=O) groups excluding carboxylic acids is 1. The Morgan fingerprint density at radius 3 is 2.64 bits per heavy atom. The molecular weight excluding hydrogens is 302 g/mol. The number of allylic oxidation sites excluding steroid dienone is 1. The molecule has 0 radical (unpaired) electrons. The average molecular weight is 319 g/mol. The molecule has 7 heteroatoms. The van der Waals surface area contributed by atoms with Crippen LogP contribution in [0.1, 0.15) is 36.0 Å². The molecule has 1 fully saturated rings. The van der Waals surface area contributed by atoms with E-state index in [0.29, 0.717) is 24.2 Å². The van der Waals surface area contributed by atoms with Gasteiger partial charge in [-0.2, -0.15) is 0 Å². The van der Waals surface area contributed by atoms with Crippen molar-refractivity contribution < 1.29 is 9.72 Å². The number of nitrogens with one attached hydrogen (secondary N) is 2. The summed E-state index contributed by atoms with van der Waals surface area (Å²) in [6.45, 7) is 0.682. The Balaban J connectivity index is 2.18. The molecule has 0 aliphatic carbocycles. The number of hydrogen-bond donors (Lipinski definition) is 2. The molecule has 1 amide bonds. The Bertz CT molecular complexity index is 604. The van der Waals surface area contributed by atoms with Crippen LogP contribution in [0.25, 0.3) is 0 Å². The fourth-order valence-corrected chi connectivity index (χ4v) is 2.58. The van der Waals surface area contributed by atoms with Crippen LogP contribution < -0.4 is 10.6 Å². The molecule has 0 saturated carbocycles. The molecule has 22 heavy (non-hydrogen) atoms. The summed E-state index contributed by atoms with van der Waals surface area (Å²) >= 11 is 5.08. The van der Waals surface area contributed by atoms with Crippen LogP contribution in [0, 0.1) is 10.1 Å². The number of nitro groups is 1.